The molecule has 0 amide bonds. The van der Waals surface area contributed by atoms with Gasteiger partial charge in [-0.15, -0.1) is 0 Å². The third-order valence-electron chi connectivity index (χ3n) is 2.20. The summed E-state index contributed by atoms with van der Waals surface area (Å²) in [6.45, 7) is 4.16. The van der Waals surface area contributed by atoms with Gasteiger partial charge in [0.15, 0.2) is 0 Å². The van der Waals surface area contributed by atoms with Gasteiger partial charge in [-0.05, 0) is 38.6 Å². The average molecular weight is 193 g/mol. The van der Waals surface area contributed by atoms with Gasteiger partial charge in [0.2, 0.25) is 0 Å². The van der Waals surface area contributed by atoms with Gasteiger partial charge in [-0.2, -0.15) is 0 Å². The number of nitrogens with one attached hydrogen (secondary N) is 2. The van der Waals surface area contributed by atoms with Crippen LogP contribution in [0.15, 0.2) is 24.5 Å². The molecule has 0 aromatic carbocycles. The van der Waals surface area contributed by atoms with Gasteiger partial charge in [-0.3, -0.25) is 4.98 Å². The first-order valence-electron chi connectivity index (χ1n) is 5.10. The molecule has 0 aliphatic carbocycles. The molecule has 1 atom stereocenters. The standard InChI is InChI=1S/C11H19N3/c1-10(5-7-12-2)14-9-11-4-3-6-13-8-11/h3-4,6,8,10,12,14H,5,7,9H2,1-2H3. The smallest absolute Gasteiger partial charge is 0.0312 e. The fourth-order valence-corrected chi connectivity index (χ4v) is 1.26. The van der Waals surface area contributed by atoms with E-state index in [4.69, 9.17) is 0 Å². The van der Waals surface area contributed by atoms with Crippen LogP contribution in [0.1, 0.15) is 18.9 Å². The fraction of sp³-hybridized carbons (Fsp3) is 0.545. The predicted molar refractivity (Wildman–Crippen MR) is 59.1 cm³/mol. The molecule has 14 heavy (non-hydrogen) atoms. The molecule has 0 aliphatic heterocycles. The number of nitrogens with zero attached hydrogens (tertiary/aromatic N) is 1. The second-order valence-electron chi connectivity index (χ2n) is 3.54. The fourth-order valence-electron chi connectivity index (χ4n) is 1.26. The molecule has 1 aromatic rings. The van der Waals surface area contributed by atoms with Crippen molar-refractivity contribution in [2.24, 2.45) is 0 Å². The third-order valence-corrected chi connectivity index (χ3v) is 2.20. The summed E-state index contributed by atoms with van der Waals surface area (Å²) in [6, 6.07) is 4.60. The minimum atomic E-state index is 0.544. The van der Waals surface area contributed by atoms with E-state index in [1.165, 1.54) is 5.56 Å². The van der Waals surface area contributed by atoms with Crippen LogP contribution in [0.4, 0.5) is 0 Å². The van der Waals surface area contributed by atoms with Crippen molar-refractivity contribution in [3.8, 4) is 0 Å². The van der Waals surface area contributed by atoms with Crippen LogP contribution in [0.5, 0.6) is 0 Å². The molecule has 3 nitrogen and oxygen atoms in total. The normalized spacial score (nSPS) is 12.7. The van der Waals surface area contributed by atoms with Crippen LogP contribution in [-0.2, 0) is 6.54 Å². The Balaban J connectivity index is 2.20. The SMILES string of the molecule is CNCCC(C)NCc1cccnc1. The molecule has 78 valence electrons. The quantitative estimate of drug-likeness (QED) is 0.712. The van der Waals surface area contributed by atoms with Crippen molar-refractivity contribution >= 4 is 0 Å². The molecule has 0 saturated heterocycles. The topological polar surface area (TPSA) is 37.0 Å². The first kappa shape index (κ1) is 11.1. The van der Waals surface area contributed by atoms with Crippen molar-refractivity contribution in [2.75, 3.05) is 13.6 Å². The number of hydrogen-bond acceptors (Lipinski definition) is 3. The highest BCUT2D eigenvalue weighted by atomic mass is 14.9. The second-order valence-corrected chi connectivity index (χ2v) is 3.54. The Hall–Kier alpha value is -0.930. The summed E-state index contributed by atoms with van der Waals surface area (Å²) in [5, 5.41) is 6.60. The summed E-state index contributed by atoms with van der Waals surface area (Å²) in [4.78, 5) is 4.07. The zero-order chi connectivity index (χ0) is 10.2. The van der Waals surface area contributed by atoms with E-state index in [9.17, 15) is 0 Å². The number of aromatic nitrogens is 1. The van der Waals surface area contributed by atoms with Gasteiger partial charge in [-0.25, -0.2) is 0 Å². The van der Waals surface area contributed by atoms with Crippen LogP contribution < -0.4 is 10.6 Å². The maximum Gasteiger partial charge on any atom is 0.0312 e. The van der Waals surface area contributed by atoms with Crippen molar-refractivity contribution in [3.05, 3.63) is 30.1 Å². The van der Waals surface area contributed by atoms with Crippen molar-refractivity contribution in [1.82, 2.24) is 15.6 Å². The van der Waals surface area contributed by atoms with Crippen LogP contribution in [0.3, 0.4) is 0 Å². The Labute approximate surface area is 85.9 Å². The molecule has 3 heteroatoms. The highest BCUT2D eigenvalue weighted by molar-refractivity contribution is 5.07. The number of pyridine rings is 1. The molecule has 0 fully saturated rings. The first-order valence-corrected chi connectivity index (χ1v) is 5.10. The molecule has 0 saturated carbocycles. The van der Waals surface area contributed by atoms with E-state index in [1.54, 1.807) is 6.20 Å². The number of rotatable bonds is 6. The molecule has 1 heterocycles. The predicted octanol–water partition coefficient (Wildman–Crippen LogP) is 1.17. The van der Waals surface area contributed by atoms with E-state index < -0.39 is 0 Å². The summed E-state index contributed by atoms with van der Waals surface area (Å²) in [5.74, 6) is 0. The largest absolute Gasteiger partial charge is 0.320 e. The highest BCUT2D eigenvalue weighted by Crippen LogP contribution is 1.96. The summed E-state index contributed by atoms with van der Waals surface area (Å²) < 4.78 is 0. The molecular weight excluding hydrogens is 174 g/mol. The zero-order valence-electron chi connectivity index (χ0n) is 8.96. The third kappa shape index (κ3) is 4.35. The Morgan fingerprint density at radius 1 is 1.50 bits per heavy atom. The molecule has 0 radical (unpaired) electrons. The van der Waals surface area contributed by atoms with Crippen LogP contribution in [0.25, 0.3) is 0 Å². The van der Waals surface area contributed by atoms with Crippen LogP contribution in [-0.4, -0.2) is 24.6 Å². The summed E-state index contributed by atoms with van der Waals surface area (Å²) in [5.41, 5.74) is 1.24. The minimum Gasteiger partial charge on any atom is -0.320 e. The molecule has 1 rings (SSSR count). The average Bonchev–Trinajstić information content (AvgIpc) is 2.25. The molecule has 0 spiro atoms. The van der Waals surface area contributed by atoms with Crippen LogP contribution >= 0.6 is 0 Å². The highest BCUT2D eigenvalue weighted by Gasteiger charge is 1.99. The molecule has 0 bridgehead atoms. The lowest BCUT2D eigenvalue weighted by atomic mass is 10.2. The first-order chi connectivity index (χ1) is 6.83. The van der Waals surface area contributed by atoms with Crippen molar-refractivity contribution in [2.45, 2.75) is 25.9 Å². The molecule has 2 N–H and O–H groups in total. The molecule has 1 aromatic heterocycles. The molecule has 0 aliphatic rings. The van der Waals surface area contributed by atoms with E-state index in [-0.39, 0.29) is 0 Å². The zero-order valence-corrected chi connectivity index (χ0v) is 8.96. The van der Waals surface area contributed by atoms with Gasteiger partial charge in [0, 0.05) is 25.0 Å². The van der Waals surface area contributed by atoms with Crippen molar-refractivity contribution in [1.29, 1.82) is 0 Å². The minimum absolute atomic E-state index is 0.544. The van der Waals surface area contributed by atoms with Gasteiger partial charge in [0.1, 0.15) is 0 Å². The van der Waals surface area contributed by atoms with E-state index in [2.05, 4.69) is 28.6 Å². The Morgan fingerprint density at radius 2 is 2.36 bits per heavy atom. The van der Waals surface area contributed by atoms with Crippen molar-refractivity contribution < 1.29 is 0 Å². The van der Waals surface area contributed by atoms with E-state index in [1.807, 2.05) is 19.3 Å². The second kappa shape index (κ2) is 6.51. The Bertz CT molecular complexity index is 236. The Kier molecular flexibility index (Phi) is 5.19. The monoisotopic (exact) mass is 193 g/mol. The van der Waals surface area contributed by atoms with E-state index in [0.29, 0.717) is 6.04 Å². The van der Waals surface area contributed by atoms with Crippen LogP contribution in [0, 0.1) is 0 Å². The summed E-state index contributed by atoms with van der Waals surface area (Å²) >= 11 is 0. The van der Waals surface area contributed by atoms with E-state index in [0.717, 1.165) is 19.5 Å². The van der Waals surface area contributed by atoms with Gasteiger partial charge in [0.05, 0.1) is 0 Å². The lowest BCUT2D eigenvalue weighted by Gasteiger charge is -2.12. The van der Waals surface area contributed by atoms with Crippen LogP contribution in [0.2, 0.25) is 0 Å². The maximum absolute atomic E-state index is 4.07. The van der Waals surface area contributed by atoms with Gasteiger partial charge in [-0.1, -0.05) is 6.07 Å². The molecule has 1 unspecified atom stereocenters. The summed E-state index contributed by atoms with van der Waals surface area (Å²) in [7, 11) is 1.98. The molecular formula is C11H19N3. The Morgan fingerprint density at radius 3 is 3.00 bits per heavy atom. The lowest BCUT2D eigenvalue weighted by Crippen LogP contribution is -2.28. The lowest BCUT2D eigenvalue weighted by molar-refractivity contribution is 0.503. The number of hydrogen-bond donors (Lipinski definition) is 2. The van der Waals surface area contributed by atoms with Gasteiger partial charge < -0.3 is 10.6 Å². The van der Waals surface area contributed by atoms with Crippen molar-refractivity contribution in [3.63, 3.8) is 0 Å². The summed E-state index contributed by atoms with van der Waals surface area (Å²) in [6.07, 6.45) is 4.85. The van der Waals surface area contributed by atoms with E-state index >= 15 is 0 Å². The van der Waals surface area contributed by atoms with Gasteiger partial charge >= 0.3 is 0 Å². The van der Waals surface area contributed by atoms with Gasteiger partial charge in [0.25, 0.3) is 0 Å². The maximum atomic E-state index is 4.07.